The zero-order valence-corrected chi connectivity index (χ0v) is 9.40. The lowest BCUT2D eigenvalue weighted by Gasteiger charge is -2.22. The van der Waals surface area contributed by atoms with Gasteiger partial charge in [-0.25, -0.2) is 0 Å². The Morgan fingerprint density at radius 3 is 3.00 bits per heavy atom. The van der Waals surface area contributed by atoms with E-state index in [0.717, 1.165) is 28.8 Å². The molecule has 2 nitrogen and oxygen atoms in total. The summed E-state index contributed by atoms with van der Waals surface area (Å²) in [4.78, 5) is 0. The van der Waals surface area contributed by atoms with Crippen molar-refractivity contribution >= 4 is 28.3 Å². The van der Waals surface area contributed by atoms with Gasteiger partial charge in [-0.15, -0.1) is 12.4 Å². The first-order valence-corrected chi connectivity index (χ1v) is 4.74. The monoisotopic (exact) mass is 263 g/mol. The van der Waals surface area contributed by atoms with E-state index >= 15 is 0 Å². The third kappa shape index (κ3) is 2.16. The van der Waals surface area contributed by atoms with Crippen molar-refractivity contribution in [1.29, 1.82) is 0 Å². The Morgan fingerprint density at radius 2 is 2.23 bits per heavy atom. The molecule has 0 radical (unpaired) electrons. The maximum atomic E-state index is 5.91. The van der Waals surface area contributed by atoms with Crippen molar-refractivity contribution in [1.82, 2.24) is 0 Å². The molecule has 1 atom stereocenters. The Labute approximate surface area is 92.0 Å². The molecule has 0 aliphatic carbocycles. The normalized spacial score (nSPS) is 19.7. The van der Waals surface area contributed by atoms with Gasteiger partial charge in [-0.3, -0.25) is 0 Å². The molecule has 1 aromatic rings. The minimum atomic E-state index is 0. The first-order chi connectivity index (χ1) is 5.77. The number of ether oxygens (including phenoxy) is 1. The zero-order valence-electron chi connectivity index (χ0n) is 7.00. The molecular formula is C9H11BrClNO. The molecular weight excluding hydrogens is 253 g/mol. The highest BCUT2D eigenvalue weighted by Gasteiger charge is 2.17. The first-order valence-electron chi connectivity index (χ1n) is 3.95. The maximum absolute atomic E-state index is 5.91. The molecule has 0 saturated carbocycles. The van der Waals surface area contributed by atoms with Crippen LogP contribution in [-0.2, 0) is 0 Å². The summed E-state index contributed by atoms with van der Waals surface area (Å²) in [5.74, 6) is 0.928. The van der Waals surface area contributed by atoms with Gasteiger partial charge in [0, 0.05) is 22.5 Å². The van der Waals surface area contributed by atoms with E-state index in [0.29, 0.717) is 0 Å². The molecule has 0 aromatic heterocycles. The van der Waals surface area contributed by atoms with Crippen LogP contribution in [0, 0.1) is 0 Å². The van der Waals surface area contributed by atoms with Crippen molar-refractivity contribution in [3.05, 3.63) is 28.2 Å². The van der Waals surface area contributed by atoms with Crippen LogP contribution in [0.2, 0.25) is 0 Å². The van der Waals surface area contributed by atoms with Gasteiger partial charge in [0.25, 0.3) is 0 Å². The second kappa shape index (κ2) is 4.31. The van der Waals surface area contributed by atoms with E-state index in [9.17, 15) is 0 Å². The fraction of sp³-hybridized carbons (Fsp3) is 0.333. The number of hydrogen-bond donors (Lipinski definition) is 1. The van der Waals surface area contributed by atoms with E-state index in [1.165, 1.54) is 0 Å². The van der Waals surface area contributed by atoms with Gasteiger partial charge in [-0.2, -0.15) is 0 Å². The molecule has 2 rings (SSSR count). The van der Waals surface area contributed by atoms with Crippen molar-refractivity contribution in [2.24, 2.45) is 5.73 Å². The van der Waals surface area contributed by atoms with Crippen LogP contribution in [0.3, 0.4) is 0 Å². The average molecular weight is 265 g/mol. The molecule has 4 heteroatoms. The summed E-state index contributed by atoms with van der Waals surface area (Å²) >= 11 is 3.41. The van der Waals surface area contributed by atoms with Crippen LogP contribution in [-0.4, -0.2) is 6.61 Å². The number of rotatable bonds is 0. The fourth-order valence-corrected chi connectivity index (χ4v) is 1.77. The van der Waals surface area contributed by atoms with Gasteiger partial charge in [0.15, 0.2) is 0 Å². The second-order valence-corrected chi connectivity index (χ2v) is 3.84. The third-order valence-electron chi connectivity index (χ3n) is 2.06. The number of benzene rings is 1. The molecule has 2 N–H and O–H groups in total. The zero-order chi connectivity index (χ0) is 8.55. The van der Waals surface area contributed by atoms with E-state index in [2.05, 4.69) is 15.9 Å². The summed E-state index contributed by atoms with van der Waals surface area (Å²) in [6, 6.07) is 6.08. The average Bonchev–Trinajstić information content (AvgIpc) is 2.07. The Kier molecular flexibility index (Phi) is 3.59. The molecule has 0 spiro atoms. The standard InChI is InChI=1S/C9H10BrNO.ClH/c10-6-1-2-9-7(5-6)8(11)3-4-12-9;/h1-2,5,8H,3-4,11H2;1H/t8-;/m1./s1. The molecule has 1 aliphatic rings. The second-order valence-electron chi connectivity index (χ2n) is 2.93. The van der Waals surface area contributed by atoms with Gasteiger partial charge in [0.2, 0.25) is 0 Å². The van der Waals surface area contributed by atoms with Crippen LogP contribution in [0.5, 0.6) is 5.75 Å². The van der Waals surface area contributed by atoms with Crippen LogP contribution >= 0.6 is 28.3 Å². The minimum absolute atomic E-state index is 0. The van der Waals surface area contributed by atoms with Crippen LogP contribution in [0.1, 0.15) is 18.0 Å². The highest BCUT2D eigenvalue weighted by molar-refractivity contribution is 9.10. The van der Waals surface area contributed by atoms with Crippen molar-refractivity contribution in [3.8, 4) is 5.75 Å². The number of nitrogens with two attached hydrogens (primary N) is 1. The summed E-state index contributed by atoms with van der Waals surface area (Å²) < 4.78 is 6.51. The molecule has 0 unspecified atom stereocenters. The molecule has 1 heterocycles. The van der Waals surface area contributed by atoms with Gasteiger partial charge in [0.05, 0.1) is 6.61 Å². The van der Waals surface area contributed by atoms with Gasteiger partial charge >= 0.3 is 0 Å². The predicted molar refractivity (Wildman–Crippen MR) is 58.4 cm³/mol. The van der Waals surface area contributed by atoms with E-state index in [4.69, 9.17) is 10.5 Å². The lowest BCUT2D eigenvalue weighted by Crippen LogP contribution is -2.20. The van der Waals surface area contributed by atoms with Crippen molar-refractivity contribution in [2.75, 3.05) is 6.61 Å². The highest BCUT2D eigenvalue weighted by Crippen LogP contribution is 2.32. The van der Waals surface area contributed by atoms with Crippen molar-refractivity contribution in [3.63, 3.8) is 0 Å². The molecule has 1 aromatic carbocycles. The van der Waals surface area contributed by atoms with Gasteiger partial charge in [0.1, 0.15) is 5.75 Å². The first kappa shape index (κ1) is 10.8. The van der Waals surface area contributed by atoms with E-state index in [-0.39, 0.29) is 18.4 Å². The minimum Gasteiger partial charge on any atom is -0.493 e. The van der Waals surface area contributed by atoms with Crippen molar-refractivity contribution in [2.45, 2.75) is 12.5 Å². The summed E-state index contributed by atoms with van der Waals surface area (Å²) in [6.07, 6.45) is 0.906. The largest absolute Gasteiger partial charge is 0.493 e. The molecule has 0 fully saturated rings. The van der Waals surface area contributed by atoms with E-state index in [1.54, 1.807) is 0 Å². The Balaban J connectivity index is 0.000000845. The number of hydrogen-bond acceptors (Lipinski definition) is 2. The van der Waals surface area contributed by atoms with Crippen LogP contribution in [0.25, 0.3) is 0 Å². The molecule has 0 amide bonds. The lowest BCUT2D eigenvalue weighted by molar-refractivity contribution is 0.269. The third-order valence-corrected chi connectivity index (χ3v) is 2.55. The summed E-state index contributed by atoms with van der Waals surface area (Å²) in [5.41, 5.74) is 7.02. The maximum Gasteiger partial charge on any atom is 0.124 e. The molecule has 0 saturated heterocycles. The topological polar surface area (TPSA) is 35.2 Å². The number of fused-ring (bicyclic) bond motifs is 1. The van der Waals surface area contributed by atoms with Gasteiger partial charge in [-0.1, -0.05) is 15.9 Å². The number of halogens is 2. The predicted octanol–water partition coefficient (Wildman–Crippen LogP) is 2.65. The summed E-state index contributed by atoms with van der Waals surface area (Å²) in [6.45, 7) is 0.732. The Hall–Kier alpha value is -0.250. The Morgan fingerprint density at radius 1 is 1.46 bits per heavy atom. The van der Waals surface area contributed by atoms with Gasteiger partial charge < -0.3 is 10.5 Å². The highest BCUT2D eigenvalue weighted by atomic mass is 79.9. The Bertz CT molecular complexity index is 306. The van der Waals surface area contributed by atoms with Crippen LogP contribution in [0.4, 0.5) is 0 Å². The summed E-state index contributed by atoms with van der Waals surface area (Å²) in [5, 5.41) is 0. The smallest absolute Gasteiger partial charge is 0.124 e. The molecule has 1 aliphatic heterocycles. The van der Waals surface area contributed by atoms with Crippen LogP contribution < -0.4 is 10.5 Å². The quantitative estimate of drug-likeness (QED) is 0.782. The van der Waals surface area contributed by atoms with E-state index < -0.39 is 0 Å². The van der Waals surface area contributed by atoms with Crippen LogP contribution in [0.15, 0.2) is 22.7 Å². The fourth-order valence-electron chi connectivity index (χ4n) is 1.39. The SMILES string of the molecule is Cl.N[C@@H]1CCOc2ccc(Br)cc21. The lowest BCUT2D eigenvalue weighted by atomic mass is 10.0. The van der Waals surface area contributed by atoms with Crippen molar-refractivity contribution < 1.29 is 4.74 Å². The summed E-state index contributed by atoms with van der Waals surface area (Å²) in [7, 11) is 0. The molecule has 72 valence electrons. The van der Waals surface area contributed by atoms with E-state index in [1.807, 2.05) is 18.2 Å². The van der Waals surface area contributed by atoms with Gasteiger partial charge in [-0.05, 0) is 18.2 Å². The molecule has 13 heavy (non-hydrogen) atoms. The molecule has 0 bridgehead atoms.